The third kappa shape index (κ3) is 3.63. The Morgan fingerprint density at radius 2 is 1.97 bits per heavy atom. The molecule has 0 unspecified atom stereocenters. The van der Waals surface area contributed by atoms with E-state index in [1.54, 1.807) is 17.1 Å². The van der Waals surface area contributed by atoms with Crippen LogP contribution in [0.2, 0.25) is 0 Å². The van der Waals surface area contributed by atoms with Gasteiger partial charge in [0.1, 0.15) is 12.1 Å². The van der Waals surface area contributed by atoms with Crippen molar-refractivity contribution in [1.29, 1.82) is 5.26 Å². The molecule has 0 radical (unpaired) electrons. The van der Waals surface area contributed by atoms with Crippen LogP contribution < -0.4 is 0 Å². The van der Waals surface area contributed by atoms with Crippen molar-refractivity contribution in [2.45, 2.75) is 96.6 Å². The Morgan fingerprint density at radius 1 is 1.19 bits per heavy atom. The van der Waals surface area contributed by atoms with Gasteiger partial charge in [0.2, 0.25) is 0 Å². The largest absolute Gasteiger partial charge is 0.390 e. The van der Waals surface area contributed by atoms with Crippen molar-refractivity contribution >= 4 is 5.78 Å². The second-order valence-corrected chi connectivity index (χ2v) is 12.2. The number of Topliss-reactive ketones (excluding diaryl/α,β-unsaturated/α-hetero) is 1. The lowest BCUT2D eigenvalue weighted by molar-refractivity contribution is -0.125. The summed E-state index contributed by atoms with van der Waals surface area (Å²) in [5, 5.41) is 23.9. The van der Waals surface area contributed by atoms with Crippen molar-refractivity contribution < 1.29 is 9.90 Å². The lowest BCUT2D eigenvalue weighted by Crippen LogP contribution is -2.50. The molecular weight excluding hydrogens is 398 g/mol. The van der Waals surface area contributed by atoms with Crippen LogP contribution in [-0.4, -0.2) is 26.3 Å². The van der Waals surface area contributed by atoms with Gasteiger partial charge in [-0.3, -0.25) is 9.48 Å². The van der Waals surface area contributed by atoms with E-state index in [0.717, 1.165) is 42.4 Å². The van der Waals surface area contributed by atoms with Crippen molar-refractivity contribution in [2.24, 2.45) is 40.9 Å². The molecule has 5 heteroatoms. The number of rotatable bonds is 4. The lowest BCUT2D eigenvalue weighted by Gasteiger charge is -2.57. The summed E-state index contributed by atoms with van der Waals surface area (Å²) in [5.74, 6) is 4.67. The van der Waals surface area contributed by atoms with Gasteiger partial charge in [0.25, 0.3) is 0 Å². The van der Waals surface area contributed by atoms with Crippen LogP contribution in [0, 0.1) is 52.3 Å². The van der Waals surface area contributed by atoms with Gasteiger partial charge in [-0.05, 0) is 113 Å². The predicted octanol–water partition coefficient (Wildman–Crippen LogP) is 5.29. The van der Waals surface area contributed by atoms with Crippen molar-refractivity contribution in [3.05, 3.63) is 18.0 Å². The average molecular weight is 438 g/mol. The van der Waals surface area contributed by atoms with E-state index in [1.807, 2.05) is 13.8 Å². The van der Waals surface area contributed by atoms with E-state index < -0.39 is 5.60 Å². The Bertz CT molecular complexity index is 914. The van der Waals surface area contributed by atoms with Gasteiger partial charge in [0, 0.05) is 12.6 Å². The van der Waals surface area contributed by atoms with Gasteiger partial charge in [-0.2, -0.15) is 10.4 Å². The molecule has 4 saturated carbocycles. The Balaban J connectivity index is 1.27. The molecule has 4 aliphatic carbocycles. The highest BCUT2D eigenvalue weighted by molar-refractivity contribution is 5.82. The van der Waals surface area contributed by atoms with Crippen LogP contribution in [0.3, 0.4) is 0 Å². The number of ketones is 1. The fourth-order valence-corrected chi connectivity index (χ4v) is 8.69. The quantitative estimate of drug-likeness (QED) is 0.694. The van der Waals surface area contributed by atoms with Crippen LogP contribution in [0.15, 0.2) is 12.4 Å². The van der Waals surface area contributed by atoms with Gasteiger partial charge in [-0.25, -0.2) is 0 Å². The summed E-state index contributed by atoms with van der Waals surface area (Å²) in [6.45, 7) is 6.45. The Morgan fingerprint density at radius 3 is 2.72 bits per heavy atom. The first kappa shape index (κ1) is 22.1. The van der Waals surface area contributed by atoms with E-state index in [4.69, 9.17) is 5.26 Å². The highest BCUT2D eigenvalue weighted by Gasteiger charge is 2.57. The van der Waals surface area contributed by atoms with E-state index in [9.17, 15) is 9.90 Å². The van der Waals surface area contributed by atoms with E-state index >= 15 is 0 Å². The summed E-state index contributed by atoms with van der Waals surface area (Å²) < 4.78 is 1.66. The minimum Gasteiger partial charge on any atom is -0.390 e. The molecule has 0 bridgehead atoms. The maximum atomic E-state index is 13.2. The maximum absolute atomic E-state index is 13.2. The first-order valence-electron chi connectivity index (χ1n) is 12.9. The molecule has 0 aromatic carbocycles. The maximum Gasteiger partial charge on any atom is 0.157 e. The molecule has 1 aromatic heterocycles. The molecule has 0 saturated heterocycles. The number of hydrogen-bond donors (Lipinski definition) is 1. The van der Waals surface area contributed by atoms with Gasteiger partial charge >= 0.3 is 0 Å². The smallest absolute Gasteiger partial charge is 0.157 e. The number of hydrogen-bond acceptors (Lipinski definition) is 4. The van der Waals surface area contributed by atoms with E-state index in [0.29, 0.717) is 17.9 Å². The van der Waals surface area contributed by atoms with Gasteiger partial charge < -0.3 is 5.11 Å². The first-order chi connectivity index (χ1) is 15.2. The van der Waals surface area contributed by atoms with Gasteiger partial charge in [-0.1, -0.05) is 6.92 Å². The topological polar surface area (TPSA) is 78.9 Å². The summed E-state index contributed by atoms with van der Waals surface area (Å²) in [6, 6.07) is 1.80. The zero-order chi connectivity index (χ0) is 22.7. The molecule has 4 aliphatic rings. The number of carbonyl (C=O) groups excluding carboxylic acids is 1. The zero-order valence-corrected chi connectivity index (χ0v) is 20.0. The first-order valence-corrected chi connectivity index (χ1v) is 12.9. The number of carbonyl (C=O) groups is 1. The molecule has 174 valence electrons. The van der Waals surface area contributed by atoms with Crippen molar-refractivity contribution in [1.82, 2.24) is 9.78 Å². The van der Waals surface area contributed by atoms with Crippen LogP contribution in [0.25, 0.3) is 0 Å². The van der Waals surface area contributed by atoms with Gasteiger partial charge in [-0.15, -0.1) is 0 Å². The highest BCUT2D eigenvalue weighted by atomic mass is 16.3. The van der Waals surface area contributed by atoms with Gasteiger partial charge in [0.05, 0.1) is 17.4 Å². The third-order valence-electron chi connectivity index (χ3n) is 10.5. The van der Waals surface area contributed by atoms with Crippen LogP contribution in [-0.2, 0) is 4.79 Å². The summed E-state index contributed by atoms with van der Waals surface area (Å²) in [4.78, 5) is 13.2. The van der Waals surface area contributed by atoms with Crippen LogP contribution in [0.5, 0.6) is 0 Å². The fraction of sp³-hybridized carbons (Fsp3) is 0.815. The number of fused-ring (bicyclic) bond motifs is 5. The number of nitrogens with zero attached hydrogens (tertiary/aromatic N) is 3. The normalized spacial score (nSPS) is 44.1. The number of aromatic nitrogens is 2. The zero-order valence-electron chi connectivity index (χ0n) is 20.0. The lowest BCUT2D eigenvalue weighted by atomic mass is 9.49. The number of aliphatic hydroxyl groups is 1. The molecule has 1 heterocycles. The Kier molecular flexibility index (Phi) is 5.52. The molecule has 0 amide bonds. The third-order valence-corrected chi connectivity index (χ3v) is 10.5. The van der Waals surface area contributed by atoms with Crippen LogP contribution in [0.1, 0.15) is 96.6 Å². The highest BCUT2D eigenvalue weighted by Crippen LogP contribution is 2.65. The summed E-state index contributed by atoms with van der Waals surface area (Å²) >= 11 is 0. The molecule has 5 rings (SSSR count). The molecule has 4 fully saturated rings. The van der Waals surface area contributed by atoms with Crippen LogP contribution >= 0.6 is 0 Å². The van der Waals surface area contributed by atoms with E-state index in [1.165, 1.54) is 44.9 Å². The molecule has 32 heavy (non-hydrogen) atoms. The summed E-state index contributed by atoms with van der Waals surface area (Å²) in [6.07, 6.45) is 14.7. The van der Waals surface area contributed by atoms with E-state index in [-0.39, 0.29) is 17.2 Å². The van der Waals surface area contributed by atoms with Crippen molar-refractivity contribution in [3.8, 4) is 6.07 Å². The molecule has 1 aromatic rings. The van der Waals surface area contributed by atoms with Crippen molar-refractivity contribution in [2.75, 3.05) is 0 Å². The molecule has 0 aliphatic heterocycles. The van der Waals surface area contributed by atoms with Crippen LogP contribution in [0.4, 0.5) is 0 Å². The Hall–Kier alpha value is -1.67. The minimum absolute atomic E-state index is 0.254. The summed E-state index contributed by atoms with van der Waals surface area (Å²) in [7, 11) is 0. The second kappa shape index (κ2) is 7.97. The number of nitriles is 1. The predicted molar refractivity (Wildman–Crippen MR) is 123 cm³/mol. The van der Waals surface area contributed by atoms with E-state index in [2.05, 4.69) is 18.1 Å². The monoisotopic (exact) mass is 437 g/mol. The second-order valence-electron chi connectivity index (χ2n) is 12.2. The molecule has 5 nitrogen and oxygen atoms in total. The fourth-order valence-electron chi connectivity index (χ4n) is 8.69. The standard InChI is InChI=1S/C27H39N3O2/c1-17(30-16-18(14-28)15-29-30)25(31)12-20-5-7-24-23-6-4-19-13-26(2,32)10-8-21(19)22(23)9-11-27(20,24)3/h15-17,19-24,32H,4-13H2,1-3H3/t17-,19-,20-,21+,22-,23-,24+,26-,27-/m1/s1. The van der Waals surface area contributed by atoms with Gasteiger partial charge in [0.15, 0.2) is 5.78 Å². The minimum atomic E-state index is -0.449. The SMILES string of the molecule is C[C@H](C(=O)C[C@H]1CC[C@H]2[C@@H]3CC[C@@H]4C[C@](C)(O)CC[C@@H]4[C@H]3CC[C@]12C)n1cc(C#N)cn1. The molecule has 0 spiro atoms. The summed E-state index contributed by atoms with van der Waals surface area (Å²) in [5.41, 5.74) is 0.344. The Labute approximate surface area is 192 Å². The molecular formula is C27H39N3O2. The molecule has 9 atom stereocenters. The molecule has 1 N–H and O–H groups in total. The average Bonchev–Trinajstić information content (AvgIpc) is 3.37. The van der Waals surface area contributed by atoms with Crippen molar-refractivity contribution in [3.63, 3.8) is 0 Å².